The number of aryl methyl sites for hydroxylation is 1. The molecule has 7 nitrogen and oxygen atoms in total. The van der Waals surface area contributed by atoms with E-state index in [1.54, 1.807) is 38.1 Å². The van der Waals surface area contributed by atoms with Gasteiger partial charge in [-0.15, -0.1) is 0 Å². The molecule has 1 aliphatic rings. The van der Waals surface area contributed by atoms with Crippen LogP contribution < -0.4 is 4.72 Å². The summed E-state index contributed by atoms with van der Waals surface area (Å²) in [5.41, 5.74) is 1.01. The monoisotopic (exact) mass is 403 g/mol. The summed E-state index contributed by atoms with van der Waals surface area (Å²) in [5, 5.41) is 4.58. The zero-order valence-corrected chi connectivity index (χ0v) is 16.1. The van der Waals surface area contributed by atoms with E-state index in [2.05, 4.69) is 9.82 Å². The quantitative estimate of drug-likeness (QED) is 0.844. The van der Waals surface area contributed by atoms with Crippen LogP contribution in [0.5, 0.6) is 0 Å². The van der Waals surface area contributed by atoms with Crippen LogP contribution in [-0.4, -0.2) is 38.1 Å². The van der Waals surface area contributed by atoms with Gasteiger partial charge in [0.05, 0.1) is 39.6 Å². The third-order valence-corrected chi connectivity index (χ3v) is 7.90. The molecule has 0 amide bonds. The van der Waals surface area contributed by atoms with Crippen molar-refractivity contribution in [3.8, 4) is 0 Å². The van der Waals surface area contributed by atoms with Crippen molar-refractivity contribution in [3.63, 3.8) is 0 Å². The zero-order valence-electron chi connectivity index (χ0n) is 13.7. The summed E-state index contributed by atoms with van der Waals surface area (Å²) in [7, 11) is -7.00. The highest BCUT2D eigenvalue weighted by Crippen LogP contribution is 2.30. The topological polar surface area (TPSA) is 98.1 Å². The largest absolute Gasteiger partial charge is 0.278 e. The molecule has 1 fully saturated rings. The lowest BCUT2D eigenvalue weighted by Crippen LogP contribution is -2.17. The van der Waals surface area contributed by atoms with Crippen LogP contribution in [0.25, 0.3) is 0 Å². The van der Waals surface area contributed by atoms with Crippen LogP contribution in [0.1, 0.15) is 23.9 Å². The maximum absolute atomic E-state index is 12.8. The Morgan fingerprint density at radius 1 is 1.28 bits per heavy atom. The minimum atomic E-state index is -3.90. The van der Waals surface area contributed by atoms with Crippen molar-refractivity contribution >= 4 is 37.1 Å². The maximum atomic E-state index is 12.8. The first-order chi connectivity index (χ1) is 11.6. The number of rotatable bonds is 4. The Labute approximate surface area is 152 Å². The molecule has 0 unspecified atom stereocenters. The van der Waals surface area contributed by atoms with Crippen LogP contribution in [0, 0.1) is 13.8 Å². The SMILES string of the molecule is Cc1nn([C@@H]2CCS(=O)(=O)C2)c(C)c1S(=O)(=O)Nc1ccccc1Cl. The molecule has 1 atom stereocenters. The summed E-state index contributed by atoms with van der Waals surface area (Å²) in [6, 6.07) is 6.20. The van der Waals surface area contributed by atoms with Gasteiger partial charge in [-0.25, -0.2) is 16.8 Å². The average molecular weight is 404 g/mol. The molecule has 0 spiro atoms. The third kappa shape index (κ3) is 3.54. The molecule has 2 heterocycles. The Hall–Kier alpha value is -1.58. The fraction of sp³-hybridized carbons (Fsp3) is 0.400. The van der Waals surface area contributed by atoms with Crippen molar-refractivity contribution in [2.24, 2.45) is 0 Å². The van der Waals surface area contributed by atoms with Gasteiger partial charge >= 0.3 is 0 Å². The summed E-state index contributed by atoms with van der Waals surface area (Å²) in [6.07, 6.45) is 0.432. The molecule has 136 valence electrons. The smallest absolute Gasteiger partial charge is 0.265 e. The summed E-state index contributed by atoms with van der Waals surface area (Å²) < 4.78 is 53.0. The second kappa shape index (κ2) is 6.30. The van der Waals surface area contributed by atoms with E-state index >= 15 is 0 Å². The number of aromatic nitrogens is 2. The Kier molecular flexibility index (Phi) is 4.59. The summed E-state index contributed by atoms with van der Waals surface area (Å²) >= 11 is 6.02. The van der Waals surface area contributed by atoms with Crippen LogP contribution in [0.2, 0.25) is 5.02 Å². The van der Waals surface area contributed by atoms with Crippen LogP contribution in [0.15, 0.2) is 29.2 Å². The standard InChI is InChI=1S/C15H18ClN3O4S2/c1-10-15(25(22,23)18-14-6-4-3-5-13(14)16)11(2)19(17-10)12-7-8-24(20,21)9-12/h3-6,12,18H,7-9H2,1-2H3/t12-/m1/s1. The van der Waals surface area contributed by atoms with Gasteiger partial charge < -0.3 is 0 Å². The van der Waals surface area contributed by atoms with Gasteiger partial charge in [-0.2, -0.15) is 5.10 Å². The first kappa shape index (κ1) is 18.2. The van der Waals surface area contributed by atoms with E-state index in [0.29, 0.717) is 17.8 Å². The van der Waals surface area contributed by atoms with E-state index in [-0.39, 0.29) is 33.2 Å². The molecule has 1 aromatic carbocycles. The fourth-order valence-electron chi connectivity index (χ4n) is 3.10. The van der Waals surface area contributed by atoms with Gasteiger partial charge in [0.25, 0.3) is 10.0 Å². The van der Waals surface area contributed by atoms with Gasteiger partial charge in [-0.05, 0) is 32.4 Å². The molecule has 10 heteroatoms. The minimum Gasteiger partial charge on any atom is -0.278 e. The molecule has 0 radical (unpaired) electrons. The molecular formula is C15H18ClN3O4S2. The predicted octanol–water partition coefficient (Wildman–Crippen LogP) is 2.31. The van der Waals surface area contributed by atoms with Gasteiger partial charge in [0.15, 0.2) is 9.84 Å². The molecule has 2 aromatic rings. The summed E-state index contributed by atoms with van der Waals surface area (Å²) in [6.45, 7) is 3.22. The Morgan fingerprint density at radius 3 is 2.56 bits per heavy atom. The number of hydrogen-bond donors (Lipinski definition) is 1. The second-order valence-electron chi connectivity index (χ2n) is 6.09. The molecule has 1 aromatic heterocycles. The molecule has 0 saturated carbocycles. The van der Waals surface area contributed by atoms with Gasteiger partial charge in [-0.1, -0.05) is 23.7 Å². The number of halogens is 1. The first-order valence-corrected chi connectivity index (χ1v) is 11.3. The van der Waals surface area contributed by atoms with E-state index in [9.17, 15) is 16.8 Å². The van der Waals surface area contributed by atoms with E-state index in [1.807, 2.05) is 0 Å². The number of hydrogen-bond acceptors (Lipinski definition) is 5. The lowest BCUT2D eigenvalue weighted by molar-refractivity contribution is 0.484. The molecule has 3 rings (SSSR count). The number of nitrogens with one attached hydrogen (secondary N) is 1. The highest BCUT2D eigenvalue weighted by atomic mass is 35.5. The first-order valence-electron chi connectivity index (χ1n) is 7.64. The predicted molar refractivity (Wildman–Crippen MR) is 96.3 cm³/mol. The Bertz CT molecular complexity index is 1030. The van der Waals surface area contributed by atoms with E-state index in [4.69, 9.17) is 11.6 Å². The number of sulfone groups is 1. The van der Waals surface area contributed by atoms with E-state index in [1.165, 1.54) is 4.68 Å². The van der Waals surface area contributed by atoms with Gasteiger partial charge in [0.2, 0.25) is 0 Å². The van der Waals surface area contributed by atoms with Gasteiger partial charge in [0.1, 0.15) is 4.90 Å². The van der Waals surface area contributed by atoms with Gasteiger partial charge in [-0.3, -0.25) is 9.40 Å². The maximum Gasteiger partial charge on any atom is 0.265 e. The van der Waals surface area contributed by atoms with Crippen LogP contribution >= 0.6 is 11.6 Å². The normalized spacial score (nSPS) is 19.9. The van der Waals surface area contributed by atoms with Crippen molar-refractivity contribution in [2.45, 2.75) is 31.2 Å². The van der Waals surface area contributed by atoms with Gasteiger partial charge in [0, 0.05) is 0 Å². The fourth-order valence-corrected chi connectivity index (χ4v) is 6.51. The third-order valence-electron chi connectivity index (χ3n) is 4.20. The molecule has 1 aliphatic heterocycles. The number of benzene rings is 1. The van der Waals surface area contributed by atoms with Crippen LogP contribution in [0.4, 0.5) is 5.69 Å². The molecule has 1 saturated heterocycles. The van der Waals surface area contributed by atoms with Crippen molar-refractivity contribution in [1.82, 2.24) is 9.78 Å². The van der Waals surface area contributed by atoms with E-state index < -0.39 is 19.9 Å². The highest BCUT2D eigenvalue weighted by Gasteiger charge is 2.33. The van der Waals surface area contributed by atoms with Crippen LogP contribution in [0.3, 0.4) is 0 Å². The van der Waals surface area contributed by atoms with E-state index in [0.717, 1.165) is 0 Å². The zero-order chi connectivity index (χ0) is 18.4. The lowest BCUT2D eigenvalue weighted by Gasteiger charge is -2.12. The van der Waals surface area contributed by atoms with Crippen molar-refractivity contribution in [1.29, 1.82) is 0 Å². The van der Waals surface area contributed by atoms with Crippen LogP contribution in [-0.2, 0) is 19.9 Å². The number of sulfonamides is 1. The Morgan fingerprint density at radius 2 is 1.96 bits per heavy atom. The summed E-state index contributed by atoms with van der Waals surface area (Å²) in [4.78, 5) is 0.0525. The number of para-hydroxylation sites is 1. The highest BCUT2D eigenvalue weighted by molar-refractivity contribution is 7.93. The molecule has 0 bridgehead atoms. The number of nitrogens with zero attached hydrogens (tertiary/aromatic N) is 2. The van der Waals surface area contributed by atoms with Crippen molar-refractivity contribution in [2.75, 3.05) is 16.2 Å². The summed E-state index contributed by atoms with van der Waals surface area (Å²) in [5.74, 6) is 0.0718. The molecule has 0 aliphatic carbocycles. The Balaban J connectivity index is 1.99. The number of anilines is 1. The lowest BCUT2D eigenvalue weighted by atomic mass is 10.2. The van der Waals surface area contributed by atoms with Crippen molar-refractivity contribution < 1.29 is 16.8 Å². The van der Waals surface area contributed by atoms with Crippen molar-refractivity contribution in [3.05, 3.63) is 40.7 Å². The molecule has 25 heavy (non-hydrogen) atoms. The second-order valence-corrected chi connectivity index (χ2v) is 10.3. The molecular weight excluding hydrogens is 386 g/mol. The molecule has 1 N–H and O–H groups in total. The average Bonchev–Trinajstić information content (AvgIpc) is 3.00. The minimum absolute atomic E-state index is 0.0214.